The van der Waals surface area contributed by atoms with Crippen LogP contribution in [-0.2, 0) is 7.05 Å². The van der Waals surface area contributed by atoms with Crippen molar-refractivity contribution in [1.29, 1.82) is 0 Å². The highest BCUT2D eigenvalue weighted by Gasteiger charge is 2.27. The molecular formula is C31H40N+. The Morgan fingerprint density at radius 3 is 2.28 bits per heavy atom. The number of hydrogen-bond donors (Lipinski definition) is 0. The van der Waals surface area contributed by atoms with Gasteiger partial charge in [-0.2, -0.15) is 0 Å². The summed E-state index contributed by atoms with van der Waals surface area (Å²) in [5, 5.41) is 2.77. The number of aryl methyl sites for hydroxylation is 1. The Kier molecular flexibility index (Phi) is 6.10. The third-order valence-corrected chi connectivity index (χ3v) is 8.69. The Hall–Kier alpha value is -2.15. The molecule has 1 atom stereocenters. The number of aromatic nitrogens is 1. The molecule has 0 N–H and O–H groups in total. The molecule has 1 heterocycles. The highest BCUT2D eigenvalue weighted by molar-refractivity contribution is 5.94. The Morgan fingerprint density at radius 1 is 0.906 bits per heavy atom. The molecule has 0 saturated heterocycles. The minimum atomic E-state index is 0.609. The molecule has 0 amide bonds. The maximum atomic E-state index is 2.62. The van der Waals surface area contributed by atoms with E-state index >= 15 is 0 Å². The molecule has 0 bridgehead atoms. The van der Waals surface area contributed by atoms with Crippen molar-refractivity contribution in [2.75, 3.05) is 0 Å². The fourth-order valence-corrected chi connectivity index (χ4v) is 6.43. The molecule has 1 nitrogen and oxygen atoms in total. The van der Waals surface area contributed by atoms with Gasteiger partial charge >= 0.3 is 0 Å². The van der Waals surface area contributed by atoms with Crippen LogP contribution in [0.3, 0.4) is 0 Å². The normalized spacial score (nSPS) is 18.6. The van der Waals surface area contributed by atoms with Crippen LogP contribution in [0.25, 0.3) is 22.0 Å². The molecule has 2 aromatic carbocycles. The van der Waals surface area contributed by atoms with Gasteiger partial charge in [-0.25, -0.2) is 4.57 Å². The zero-order chi connectivity index (χ0) is 22.2. The second kappa shape index (κ2) is 9.00. The van der Waals surface area contributed by atoms with Crippen LogP contribution < -0.4 is 4.57 Å². The predicted octanol–water partition coefficient (Wildman–Crippen LogP) is 8.47. The zero-order valence-corrected chi connectivity index (χ0v) is 20.6. The largest absolute Gasteiger partial charge is 0.220 e. The molecule has 0 radical (unpaired) electrons. The standard InChI is InChI=1S/C31H40N/c1-5-21(2)25-14-15-28-26(18-25)16-17-32(4)31(28)30-20-27(23-10-6-7-11-23)19-29(22(30)3)24-12-8-9-13-24/h14-21,23-24H,5-13H2,1-4H3/q+1. The monoisotopic (exact) mass is 426 g/mol. The van der Waals surface area contributed by atoms with Gasteiger partial charge in [0.15, 0.2) is 6.20 Å². The molecule has 0 spiro atoms. The molecular weight excluding hydrogens is 386 g/mol. The topological polar surface area (TPSA) is 3.88 Å². The van der Waals surface area contributed by atoms with Crippen LogP contribution in [0.5, 0.6) is 0 Å². The van der Waals surface area contributed by atoms with Gasteiger partial charge in [-0.1, -0.05) is 57.7 Å². The Labute approximate surface area is 194 Å². The average molecular weight is 427 g/mol. The molecule has 2 saturated carbocycles. The maximum absolute atomic E-state index is 2.62. The van der Waals surface area contributed by atoms with Crippen LogP contribution in [0.1, 0.15) is 112 Å². The molecule has 2 aliphatic rings. The lowest BCUT2D eigenvalue weighted by Gasteiger charge is -2.21. The number of hydrogen-bond acceptors (Lipinski definition) is 0. The van der Waals surface area contributed by atoms with E-state index in [2.05, 4.69) is 75.0 Å². The van der Waals surface area contributed by atoms with E-state index < -0.39 is 0 Å². The Bertz CT molecular complexity index is 1110. The summed E-state index contributed by atoms with van der Waals surface area (Å²) < 4.78 is 2.37. The van der Waals surface area contributed by atoms with Crippen LogP contribution in [0.15, 0.2) is 42.6 Å². The fraction of sp³-hybridized carbons (Fsp3) is 0.516. The highest BCUT2D eigenvalue weighted by atomic mass is 14.9. The number of rotatable bonds is 5. The fourth-order valence-electron chi connectivity index (χ4n) is 6.43. The SMILES string of the molecule is CCC(C)c1ccc2c(-c3cc(C4CCCC4)cc(C4CCCC4)c3C)[n+](C)ccc2c1. The van der Waals surface area contributed by atoms with Crippen molar-refractivity contribution in [2.45, 2.75) is 96.3 Å². The van der Waals surface area contributed by atoms with E-state index in [1.807, 2.05) is 0 Å². The Balaban J connectivity index is 1.71. The number of nitrogens with zero attached hydrogens (tertiary/aromatic N) is 1. The predicted molar refractivity (Wildman–Crippen MR) is 136 cm³/mol. The summed E-state index contributed by atoms with van der Waals surface area (Å²) in [6.07, 6.45) is 14.5. The van der Waals surface area contributed by atoms with Crippen molar-refractivity contribution >= 4 is 10.8 Å². The van der Waals surface area contributed by atoms with Crippen molar-refractivity contribution in [3.05, 3.63) is 64.8 Å². The first kappa shape index (κ1) is 21.7. The minimum Gasteiger partial charge on any atom is -0.200 e. The molecule has 2 fully saturated rings. The lowest BCUT2D eigenvalue weighted by atomic mass is 9.83. The van der Waals surface area contributed by atoms with Crippen LogP contribution in [0.2, 0.25) is 0 Å². The molecule has 168 valence electrons. The zero-order valence-electron chi connectivity index (χ0n) is 20.6. The van der Waals surface area contributed by atoms with Gasteiger partial charge < -0.3 is 0 Å². The van der Waals surface area contributed by atoms with Crippen molar-refractivity contribution in [3.63, 3.8) is 0 Å². The van der Waals surface area contributed by atoms with E-state index in [0.717, 1.165) is 11.8 Å². The average Bonchev–Trinajstić information content (AvgIpc) is 3.53. The number of pyridine rings is 1. The highest BCUT2D eigenvalue weighted by Crippen LogP contribution is 2.43. The third kappa shape index (κ3) is 3.89. The summed E-state index contributed by atoms with van der Waals surface area (Å²) in [7, 11) is 2.23. The van der Waals surface area contributed by atoms with E-state index in [1.54, 1.807) is 11.1 Å². The first-order valence-electron chi connectivity index (χ1n) is 13.1. The molecule has 1 aromatic heterocycles. The number of fused-ring (bicyclic) bond motifs is 1. The van der Waals surface area contributed by atoms with Crippen LogP contribution in [-0.4, -0.2) is 0 Å². The summed E-state index contributed by atoms with van der Waals surface area (Å²) in [6.45, 7) is 7.02. The van der Waals surface area contributed by atoms with Gasteiger partial charge in [-0.3, -0.25) is 0 Å². The van der Waals surface area contributed by atoms with Crippen molar-refractivity contribution in [2.24, 2.45) is 7.05 Å². The van der Waals surface area contributed by atoms with Crippen molar-refractivity contribution < 1.29 is 4.57 Å². The molecule has 0 aliphatic heterocycles. The first-order valence-corrected chi connectivity index (χ1v) is 13.1. The third-order valence-electron chi connectivity index (χ3n) is 8.69. The van der Waals surface area contributed by atoms with E-state index in [9.17, 15) is 0 Å². The van der Waals surface area contributed by atoms with Crippen LogP contribution >= 0.6 is 0 Å². The van der Waals surface area contributed by atoms with Gasteiger partial charge in [0, 0.05) is 6.07 Å². The summed E-state index contributed by atoms with van der Waals surface area (Å²) in [5.41, 5.74) is 9.11. The van der Waals surface area contributed by atoms with Crippen molar-refractivity contribution in [1.82, 2.24) is 0 Å². The second-order valence-corrected chi connectivity index (χ2v) is 10.7. The van der Waals surface area contributed by atoms with Crippen molar-refractivity contribution in [3.8, 4) is 11.3 Å². The van der Waals surface area contributed by atoms with E-state index in [1.165, 1.54) is 90.9 Å². The Morgan fingerprint density at radius 2 is 1.59 bits per heavy atom. The summed E-state index contributed by atoms with van der Waals surface area (Å²) in [5.74, 6) is 2.12. The number of benzene rings is 2. The molecule has 32 heavy (non-hydrogen) atoms. The maximum Gasteiger partial charge on any atom is 0.220 e. The van der Waals surface area contributed by atoms with Gasteiger partial charge in [-0.15, -0.1) is 0 Å². The van der Waals surface area contributed by atoms with Crippen LogP contribution in [0, 0.1) is 6.92 Å². The van der Waals surface area contributed by atoms with Gasteiger partial charge in [0.1, 0.15) is 7.05 Å². The summed E-state index contributed by atoms with van der Waals surface area (Å²) in [6, 6.07) is 14.7. The molecule has 3 aromatic rings. The molecule has 1 heteroatoms. The van der Waals surface area contributed by atoms with Gasteiger partial charge in [-0.05, 0) is 96.6 Å². The molecule has 5 rings (SSSR count). The van der Waals surface area contributed by atoms with Gasteiger partial charge in [0.05, 0.1) is 10.9 Å². The van der Waals surface area contributed by atoms with E-state index in [0.29, 0.717) is 5.92 Å². The van der Waals surface area contributed by atoms with E-state index in [-0.39, 0.29) is 0 Å². The second-order valence-electron chi connectivity index (χ2n) is 10.7. The summed E-state index contributed by atoms with van der Waals surface area (Å²) in [4.78, 5) is 0. The van der Waals surface area contributed by atoms with Gasteiger partial charge in [0.25, 0.3) is 0 Å². The lowest BCUT2D eigenvalue weighted by molar-refractivity contribution is -0.659. The quantitative estimate of drug-likeness (QED) is 0.360. The first-order chi connectivity index (χ1) is 15.6. The summed E-state index contributed by atoms with van der Waals surface area (Å²) >= 11 is 0. The van der Waals surface area contributed by atoms with Gasteiger partial charge in [0.2, 0.25) is 5.69 Å². The molecule has 1 unspecified atom stereocenters. The molecule has 2 aliphatic carbocycles. The smallest absolute Gasteiger partial charge is 0.200 e. The van der Waals surface area contributed by atoms with Crippen LogP contribution in [0.4, 0.5) is 0 Å². The lowest BCUT2D eigenvalue weighted by Crippen LogP contribution is -2.31. The van der Waals surface area contributed by atoms with E-state index in [4.69, 9.17) is 0 Å². The minimum absolute atomic E-state index is 0.609.